The van der Waals surface area contributed by atoms with Gasteiger partial charge >= 0.3 is 0 Å². The predicted octanol–water partition coefficient (Wildman–Crippen LogP) is 5.19. The summed E-state index contributed by atoms with van der Waals surface area (Å²) >= 11 is 12.7. The Bertz CT molecular complexity index is 509. The monoisotopic (exact) mass is 374 g/mol. The zero-order chi connectivity index (χ0) is 12.4. The minimum atomic E-state index is 0.618. The molecule has 0 amide bonds. The van der Waals surface area contributed by atoms with Gasteiger partial charge in [0.15, 0.2) is 0 Å². The van der Waals surface area contributed by atoms with E-state index in [1.807, 2.05) is 24.3 Å². The van der Waals surface area contributed by atoms with Crippen molar-refractivity contribution in [2.24, 2.45) is 0 Å². The summed E-state index contributed by atoms with van der Waals surface area (Å²) in [4.78, 5) is 0. The first-order valence-corrected chi connectivity index (χ1v) is 6.80. The smallest absolute Gasteiger partial charge is 0.0619 e. The number of rotatable bonds is 2. The van der Waals surface area contributed by atoms with Crippen LogP contribution in [0.4, 0.5) is 17.1 Å². The van der Waals surface area contributed by atoms with Crippen LogP contribution >= 0.6 is 43.5 Å². The number of hydrogen-bond acceptors (Lipinski definition) is 2. The van der Waals surface area contributed by atoms with E-state index in [2.05, 4.69) is 37.2 Å². The van der Waals surface area contributed by atoms with Crippen molar-refractivity contribution in [1.82, 2.24) is 0 Å². The lowest BCUT2D eigenvalue weighted by atomic mass is 10.2. The minimum Gasteiger partial charge on any atom is -0.397 e. The normalized spacial score (nSPS) is 10.3. The van der Waals surface area contributed by atoms with Gasteiger partial charge in [0.05, 0.1) is 17.1 Å². The summed E-state index contributed by atoms with van der Waals surface area (Å²) in [5.41, 5.74) is 8.27. The first-order valence-electron chi connectivity index (χ1n) is 4.83. The zero-order valence-corrected chi connectivity index (χ0v) is 12.6. The van der Waals surface area contributed by atoms with Crippen LogP contribution in [0.3, 0.4) is 0 Å². The Labute approximate surface area is 121 Å². The Morgan fingerprint density at radius 1 is 1.00 bits per heavy atom. The Balaban J connectivity index is 2.31. The lowest BCUT2D eigenvalue weighted by Crippen LogP contribution is -1.96. The molecular weight excluding hydrogens is 367 g/mol. The Morgan fingerprint density at radius 2 is 1.71 bits per heavy atom. The second-order valence-corrected chi connectivity index (χ2v) is 5.69. The highest BCUT2D eigenvalue weighted by Gasteiger charge is 2.04. The van der Waals surface area contributed by atoms with Crippen LogP contribution < -0.4 is 11.1 Å². The molecule has 2 aromatic carbocycles. The quantitative estimate of drug-likeness (QED) is 0.708. The van der Waals surface area contributed by atoms with E-state index in [9.17, 15) is 0 Å². The molecule has 0 fully saturated rings. The van der Waals surface area contributed by atoms with Crippen molar-refractivity contribution < 1.29 is 0 Å². The molecule has 0 spiro atoms. The minimum absolute atomic E-state index is 0.618. The molecule has 88 valence electrons. The molecule has 0 radical (unpaired) electrons. The van der Waals surface area contributed by atoms with E-state index in [1.165, 1.54) is 0 Å². The molecule has 5 heteroatoms. The molecule has 0 aromatic heterocycles. The van der Waals surface area contributed by atoms with Gasteiger partial charge in [-0.25, -0.2) is 0 Å². The highest BCUT2D eigenvalue weighted by molar-refractivity contribution is 9.11. The second-order valence-electron chi connectivity index (χ2n) is 3.48. The van der Waals surface area contributed by atoms with Gasteiger partial charge in [0.1, 0.15) is 0 Å². The number of benzene rings is 2. The number of halogens is 3. The average molecular weight is 376 g/mol. The van der Waals surface area contributed by atoms with Crippen molar-refractivity contribution >= 4 is 60.5 Å². The maximum atomic E-state index is 5.88. The third-order valence-electron chi connectivity index (χ3n) is 2.21. The van der Waals surface area contributed by atoms with E-state index < -0.39 is 0 Å². The Hall–Kier alpha value is -0.710. The van der Waals surface area contributed by atoms with E-state index in [1.54, 1.807) is 12.1 Å². The number of nitrogens with two attached hydrogens (primary N) is 1. The van der Waals surface area contributed by atoms with Gasteiger partial charge in [-0.05, 0) is 52.3 Å². The van der Waals surface area contributed by atoms with Crippen molar-refractivity contribution in [1.29, 1.82) is 0 Å². The predicted molar refractivity (Wildman–Crippen MR) is 81.0 cm³/mol. The van der Waals surface area contributed by atoms with Crippen LogP contribution in [-0.2, 0) is 0 Å². The first-order chi connectivity index (χ1) is 8.06. The lowest BCUT2D eigenvalue weighted by molar-refractivity contribution is 1.51. The molecule has 0 unspecified atom stereocenters. The second kappa shape index (κ2) is 5.29. The summed E-state index contributed by atoms with van der Waals surface area (Å²) in [6.07, 6.45) is 0. The van der Waals surface area contributed by atoms with Gasteiger partial charge in [0.25, 0.3) is 0 Å². The molecular formula is C12H9Br2ClN2. The van der Waals surface area contributed by atoms with Gasteiger partial charge in [-0.15, -0.1) is 0 Å². The van der Waals surface area contributed by atoms with Crippen molar-refractivity contribution in [2.45, 2.75) is 0 Å². The molecule has 0 heterocycles. The zero-order valence-electron chi connectivity index (χ0n) is 8.68. The number of anilines is 3. The number of nitrogens with one attached hydrogen (secondary N) is 1. The van der Waals surface area contributed by atoms with Gasteiger partial charge in [0, 0.05) is 14.0 Å². The molecule has 0 aliphatic carbocycles. The number of nitrogen functional groups attached to an aromatic ring is 1. The Kier molecular flexibility index (Phi) is 3.97. The molecule has 2 aromatic rings. The highest BCUT2D eigenvalue weighted by atomic mass is 79.9. The third kappa shape index (κ3) is 3.15. The van der Waals surface area contributed by atoms with E-state index >= 15 is 0 Å². The molecule has 2 rings (SSSR count). The van der Waals surface area contributed by atoms with Gasteiger partial charge in [-0.3, -0.25) is 0 Å². The molecule has 0 atom stereocenters. The molecule has 17 heavy (non-hydrogen) atoms. The third-order valence-corrected chi connectivity index (χ3v) is 3.60. The van der Waals surface area contributed by atoms with Crippen LogP contribution in [0.1, 0.15) is 0 Å². The summed E-state index contributed by atoms with van der Waals surface area (Å²) in [6, 6.07) is 11.3. The molecule has 2 nitrogen and oxygen atoms in total. The maximum Gasteiger partial charge on any atom is 0.0619 e. The van der Waals surface area contributed by atoms with Crippen LogP contribution in [-0.4, -0.2) is 0 Å². The molecule has 0 aliphatic heterocycles. The lowest BCUT2D eigenvalue weighted by Gasteiger charge is -2.11. The van der Waals surface area contributed by atoms with Crippen LogP contribution in [0.15, 0.2) is 45.3 Å². The van der Waals surface area contributed by atoms with Crippen molar-refractivity contribution in [3.63, 3.8) is 0 Å². The number of hydrogen-bond donors (Lipinski definition) is 2. The van der Waals surface area contributed by atoms with Crippen molar-refractivity contribution in [3.8, 4) is 0 Å². The van der Waals surface area contributed by atoms with Gasteiger partial charge < -0.3 is 11.1 Å². The van der Waals surface area contributed by atoms with Crippen LogP contribution in [0.5, 0.6) is 0 Å². The molecule has 0 aliphatic rings. The van der Waals surface area contributed by atoms with Crippen LogP contribution in [0.25, 0.3) is 0 Å². The SMILES string of the molecule is Nc1cc(Cl)ccc1Nc1ccc(Br)cc1Br. The average Bonchev–Trinajstić information content (AvgIpc) is 2.25. The van der Waals surface area contributed by atoms with Crippen LogP contribution in [0.2, 0.25) is 5.02 Å². The highest BCUT2D eigenvalue weighted by Crippen LogP contribution is 2.31. The van der Waals surface area contributed by atoms with E-state index in [0.29, 0.717) is 10.7 Å². The molecule has 3 N–H and O–H groups in total. The van der Waals surface area contributed by atoms with Crippen molar-refractivity contribution in [2.75, 3.05) is 11.1 Å². The standard InChI is InChI=1S/C12H9Br2ClN2/c13-7-1-3-11(9(14)5-7)17-12-4-2-8(15)6-10(12)16/h1-6,17H,16H2. The fraction of sp³-hybridized carbons (Fsp3) is 0. The van der Waals surface area contributed by atoms with E-state index in [-0.39, 0.29) is 0 Å². The van der Waals surface area contributed by atoms with E-state index in [4.69, 9.17) is 17.3 Å². The van der Waals surface area contributed by atoms with Gasteiger partial charge in [-0.2, -0.15) is 0 Å². The molecule has 0 saturated heterocycles. The fourth-order valence-electron chi connectivity index (χ4n) is 1.38. The van der Waals surface area contributed by atoms with Gasteiger partial charge in [-0.1, -0.05) is 27.5 Å². The summed E-state index contributed by atoms with van der Waals surface area (Å²) in [7, 11) is 0. The summed E-state index contributed by atoms with van der Waals surface area (Å²) < 4.78 is 1.97. The fourth-order valence-corrected chi connectivity index (χ4v) is 2.71. The van der Waals surface area contributed by atoms with Crippen LogP contribution in [0, 0.1) is 0 Å². The van der Waals surface area contributed by atoms with Crippen molar-refractivity contribution in [3.05, 3.63) is 50.4 Å². The Morgan fingerprint density at radius 3 is 2.35 bits per heavy atom. The molecule has 0 saturated carbocycles. The maximum absolute atomic E-state index is 5.88. The summed E-state index contributed by atoms with van der Waals surface area (Å²) in [6.45, 7) is 0. The van der Waals surface area contributed by atoms with Gasteiger partial charge in [0.2, 0.25) is 0 Å². The largest absolute Gasteiger partial charge is 0.397 e. The van der Waals surface area contributed by atoms with E-state index in [0.717, 1.165) is 20.3 Å². The molecule has 0 bridgehead atoms. The summed E-state index contributed by atoms with van der Waals surface area (Å²) in [5.74, 6) is 0. The summed E-state index contributed by atoms with van der Waals surface area (Å²) in [5, 5.41) is 3.87. The first kappa shape index (κ1) is 12.7. The topological polar surface area (TPSA) is 38.0 Å².